The standard InChI is InChI=1S/C56H87NO16.C9H11F2N3O4/c1-33-17-13-12-14-18-34(2)45(68-9)29-41-22-20-39(7)56(67,73-41)51(63)52(64)57-24-16-15-19-42(57)53(65)71-46(30-43(60)35(3)26-38(6)49(62)50(70-11)48(61)37(5)25-33)36(4)27-40-21-23-44(47(28-40)69-10)72-54(66)55(8,31-58)32-59;10-9(11)6(16)4(3-15)18-7(9)14-2-1-5(12)13-8(14)17/h12-14,17-18,26,33,35-37,39-42,44-47,49-50,58-59,62,67H,15-16,19-25,27-32H2,1-11H3;1-2,4,6-7,15-16H,3H2,(H2,12,13,17)/b14-12+,17-13-,34-18+,38-26+;/t33-,35-,36-,37-,39-,40+,41+,42+,44-,45+,46+,47-,49-,50+,56-;4-,6-,7-/m11/s1. The number of nitrogen functional groups attached to an aromatic ring is 1. The van der Waals surface area contributed by atoms with Crippen LogP contribution in [-0.4, -0.2) is 201 Å². The lowest BCUT2D eigenvalue weighted by Gasteiger charge is -2.42. The number of alkyl halides is 2. The van der Waals surface area contributed by atoms with Crippen LogP contribution in [0, 0.1) is 40.9 Å². The van der Waals surface area contributed by atoms with E-state index in [0.29, 0.717) is 74.3 Å². The SMILES string of the molecule is CO[C@H]1C[C@@H]2CC[C@@H](C)[C@@](O)(O2)C(=O)C(=O)N2CCCC[C@H]2C(=O)O[C@H]([C@H](C)C[C@@H]2CC[C@@H](OC(=O)C(C)(CO)CO)[C@H](OC)C2)CC(=O)[C@H](C)/C=C(\C)[C@@H](O)[C@@H](OC)C(=O)[C@H](C)C[C@H](C)\C=C/C=C/C=C/1C.Nc1ccn([C@@H]2O[C@H](CO)[C@@H](O)C2(F)F)c(=O)n1. The monoisotopic (exact) mass is 1290 g/mol. The number of ether oxygens (including phenoxy) is 7. The number of hydrogen-bond acceptors (Lipinski definition) is 22. The molecule has 0 unspecified atom stereocenters. The topological polar surface area (TPSA) is 353 Å². The van der Waals surface area contributed by atoms with Gasteiger partial charge in [-0.25, -0.2) is 9.59 Å². The zero-order valence-corrected chi connectivity index (χ0v) is 54.3. The Kier molecular flexibility index (Phi) is 28.5. The van der Waals surface area contributed by atoms with Crippen molar-refractivity contribution in [2.45, 2.75) is 211 Å². The largest absolute Gasteiger partial charge is 0.460 e. The van der Waals surface area contributed by atoms with Crippen molar-refractivity contribution in [1.82, 2.24) is 14.5 Å². The number of hydrogen-bond donors (Lipinski definition) is 7. The minimum absolute atomic E-state index is 0.00697. The first-order valence-electron chi connectivity index (χ1n) is 31.4. The summed E-state index contributed by atoms with van der Waals surface area (Å²) in [5.41, 5.74) is 3.93. The first-order chi connectivity index (χ1) is 42.9. The highest BCUT2D eigenvalue weighted by molar-refractivity contribution is 6.39. The van der Waals surface area contributed by atoms with E-state index >= 15 is 0 Å². The number of nitrogens with two attached hydrogens (primary N) is 1. The molecule has 18 atom stereocenters. The molecular formula is C65H98F2N4O20. The maximum absolute atomic E-state index is 14.5. The molecule has 512 valence electrons. The van der Waals surface area contributed by atoms with Gasteiger partial charge in [-0.2, -0.15) is 13.8 Å². The van der Waals surface area contributed by atoms with E-state index in [2.05, 4.69) is 4.98 Å². The van der Waals surface area contributed by atoms with Gasteiger partial charge in [0.1, 0.15) is 53.6 Å². The van der Waals surface area contributed by atoms with Crippen molar-refractivity contribution in [3.63, 3.8) is 0 Å². The van der Waals surface area contributed by atoms with E-state index in [-0.39, 0.29) is 48.6 Å². The van der Waals surface area contributed by atoms with Gasteiger partial charge in [0, 0.05) is 64.7 Å². The van der Waals surface area contributed by atoms with Crippen LogP contribution in [0.3, 0.4) is 0 Å². The number of rotatable bonds is 12. The molecule has 5 heterocycles. The number of piperidine rings is 1. The number of esters is 2. The molecule has 24 nitrogen and oxygen atoms in total. The van der Waals surface area contributed by atoms with Crippen molar-refractivity contribution in [2.75, 3.05) is 53.4 Å². The van der Waals surface area contributed by atoms with Gasteiger partial charge in [-0.1, -0.05) is 71.1 Å². The summed E-state index contributed by atoms with van der Waals surface area (Å²) in [6, 6.07) is -0.0486. The minimum Gasteiger partial charge on any atom is -0.460 e. The van der Waals surface area contributed by atoms with E-state index in [1.54, 1.807) is 40.9 Å². The lowest BCUT2D eigenvalue weighted by atomic mass is 9.78. The van der Waals surface area contributed by atoms with E-state index in [1.165, 1.54) is 21.1 Å². The average molecular weight is 1290 g/mol. The third kappa shape index (κ3) is 19.1. The molecule has 6 rings (SSSR count). The van der Waals surface area contributed by atoms with Crippen LogP contribution in [0.15, 0.2) is 64.7 Å². The summed E-state index contributed by atoms with van der Waals surface area (Å²) in [6.45, 7) is 12.0. The Balaban J connectivity index is 0.000000710. The number of halogens is 2. The van der Waals surface area contributed by atoms with Gasteiger partial charge in [0.2, 0.25) is 12.0 Å². The molecule has 0 spiro atoms. The number of cyclic esters (lactones) is 1. The van der Waals surface area contributed by atoms with Crippen LogP contribution in [0.1, 0.15) is 139 Å². The number of nitrogens with zero attached hydrogens (tertiary/aromatic N) is 3. The van der Waals surface area contributed by atoms with Crippen molar-refractivity contribution in [1.29, 1.82) is 0 Å². The molecule has 5 aliphatic rings. The molecule has 1 aliphatic carbocycles. The van der Waals surface area contributed by atoms with E-state index in [1.807, 2.05) is 51.2 Å². The fourth-order valence-electron chi connectivity index (χ4n) is 12.4. The zero-order chi connectivity index (χ0) is 67.9. The lowest BCUT2D eigenvalue weighted by molar-refractivity contribution is -0.265. The Hall–Kier alpha value is -5.52. The Bertz CT molecular complexity index is 2820. The summed E-state index contributed by atoms with van der Waals surface area (Å²) < 4.78 is 68.1. The second-order valence-electron chi connectivity index (χ2n) is 25.7. The number of carbonyl (C=O) groups is 6. The van der Waals surface area contributed by atoms with E-state index < -0.39 is 157 Å². The molecule has 1 saturated carbocycles. The maximum atomic E-state index is 14.5. The average Bonchev–Trinajstić information content (AvgIpc) is 1.76. The Labute approximate surface area is 531 Å². The van der Waals surface area contributed by atoms with Crippen LogP contribution in [0.25, 0.3) is 0 Å². The summed E-state index contributed by atoms with van der Waals surface area (Å²) in [6.07, 6.45) is 5.08. The predicted molar refractivity (Wildman–Crippen MR) is 326 cm³/mol. The molecule has 0 aromatic carbocycles. The first kappa shape index (κ1) is 76.2. The highest BCUT2D eigenvalue weighted by Crippen LogP contribution is 2.43. The second kappa shape index (κ2) is 34.1. The number of allylic oxidation sites excluding steroid dienone is 6. The number of Topliss-reactive ketones (excluding diaryl/α,β-unsaturated/α-hetero) is 3. The number of aliphatic hydroxyl groups excluding tert-OH is 5. The Morgan fingerprint density at radius 3 is 2.19 bits per heavy atom. The smallest absolute Gasteiger partial charge is 0.351 e. The number of carbonyl (C=O) groups excluding carboxylic acids is 6. The molecule has 26 heteroatoms. The summed E-state index contributed by atoms with van der Waals surface area (Å²) in [7, 11) is 4.43. The predicted octanol–water partition coefficient (Wildman–Crippen LogP) is 4.43. The fourth-order valence-corrected chi connectivity index (χ4v) is 12.4. The van der Waals surface area contributed by atoms with Crippen LogP contribution in [0.2, 0.25) is 0 Å². The van der Waals surface area contributed by atoms with Crippen molar-refractivity contribution in [2.24, 2.45) is 40.9 Å². The van der Waals surface area contributed by atoms with Gasteiger partial charge in [0.15, 0.2) is 11.9 Å². The van der Waals surface area contributed by atoms with Gasteiger partial charge >= 0.3 is 23.6 Å². The fraction of sp³-hybridized carbons (Fsp3) is 0.723. The number of ketones is 3. The number of anilines is 1. The van der Waals surface area contributed by atoms with E-state index in [4.69, 9.17) is 44.0 Å². The minimum atomic E-state index is -3.71. The molecule has 8 N–H and O–H groups in total. The molecule has 4 fully saturated rings. The van der Waals surface area contributed by atoms with Crippen LogP contribution in [-0.2, 0) is 61.9 Å². The van der Waals surface area contributed by atoms with Crippen LogP contribution in [0.5, 0.6) is 0 Å². The number of aromatic nitrogens is 2. The van der Waals surface area contributed by atoms with Gasteiger partial charge < -0.3 is 74.4 Å². The Morgan fingerprint density at radius 1 is 0.879 bits per heavy atom. The van der Waals surface area contributed by atoms with E-state index in [0.717, 1.165) is 22.7 Å². The quantitative estimate of drug-likeness (QED) is 0.0864. The molecular weight excluding hydrogens is 1190 g/mol. The summed E-state index contributed by atoms with van der Waals surface area (Å²) in [5.74, 6) is -13.2. The number of fused-ring (bicyclic) bond motifs is 3. The van der Waals surface area contributed by atoms with Gasteiger partial charge in [0.25, 0.3) is 11.7 Å². The Morgan fingerprint density at radius 2 is 1.57 bits per heavy atom. The molecule has 3 saturated heterocycles. The van der Waals surface area contributed by atoms with Crippen molar-refractivity contribution < 1.29 is 101 Å². The van der Waals surface area contributed by atoms with Gasteiger partial charge in [-0.15, -0.1) is 0 Å². The van der Waals surface area contributed by atoms with Gasteiger partial charge in [0.05, 0.1) is 38.1 Å². The summed E-state index contributed by atoms with van der Waals surface area (Å²) >= 11 is 0. The maximum Gasteiger partial charge on any atom is 0.351 e. The normalized spacial score (nSPS) is 36.1. The lowest BCUT2D eigenvalue weighted by Crippen LogP contribution is -2.61. The molecule has 1 aromatic rings. The summed E-state index contributed by atoms with van der Waals surface area (Å²) in [5, 5.41) is 61.2. The van der Waals surface area contributed by atoms with Gasteiger partial charge in [-0.05, 0) is 120 Å². The summed E-state index contributed by atoms with van der Waals surface area (Å²) in [4.78, 5) is 100. The first-order valence-corrected chi connectivity index (χ1v) is 31.4. The second-order valence-corrected chi connectivity index (χ2v) is 25.7. The molecule has 4 aliphatic heterocycles. The molecule has 1 amide bonds. The van der Waals surface area contributed by atoms with E-state index in [9.17, 15) is 67.9 Å². The molecule has 2 bridgehead atoms. The van der Waals surface area contributed by atoms with Gasteiger partial charge in [-0.3, -0.25) is 28.5 Å². The number of aliphatic hydroxyl groups is 6. The molecule has 91 heavy (non-hydrogen) atoms. The molecule has 0 radical (unpaired) electrons. The highest BCUT2D eigenvalue weighted by atomic mass is 19.3. The van der Waals surface area contributed by atoms with Crippen molar-refractivity contribution >= 4 is 41.0 Å². The number of amides is 1. The zero-order valence-electron chi connectivity index (χ0n) is 54.3. The van der Waals surface area contributed by atoms with Crippen molar-refractivity contribution in [3.05, 3.63) is 70.3 Å². The van der Waals surface area contributed by atoms with Crippen LogP contribution < -0.4 is 11.4 Å². The third-order valence-corrected chi connectivity index (χ3v) is 18.6. The molecule has 1 aromatic heterocycles. The third-order valence-electron chi connectivity index (χ3n) is 18.6. The van der Waals surface area contributed by atoms with Crippen molar-refractivity contribution in [3.8, 4) is 0 Å². The van der Waals surface area contributed by atoms with Crippen LogP contribution >= 0.6 is 0 Å². The van der Waals surface area contributed by atoms with Crippen LogP contribution in [0.4, 0.5) is 14.6 Å². The highest BCUT2D eigenvalue weighted by Gasteiger charge is 2.60. The number of methoxy groups -OCH3 is 3.